The van der Waals surface area contributed by atoms with E-state index in [2.05, 4.69) is 13.0 Å². The molecule has 0 saturated heterocycles. The van der Waals surface area contributed by atoms with Crippen LogP contribution in [0.3, 0.4) is 0 Å². The molecule has 4 fully saturated rings. The molecule has 25 heavy (non-hydrogen) atoms. The third kappa shape index (κ3) is 3.31. The first-order chi connectivity index (χ1) is 12.1. The molecular formula is C21H30O4. The van der Waals surface area contributed by atoms with Crippen LogP contribution in [0, 0.1) is 29.1 Å². The Morgan fingerprint density at radius 3 is 2.36 bits per heavy atom. The van der Waals surface area contributed by atoms with Crippen LogP contribution in [0.5, 0.6) is 0 Å². The number of rotatable bonds is 6. The summed E-state index contributed by atoms with van der Waals surface area (Å²) in [5, 5.41) is 0. The van der Waals surface area contributed by atoms with Gasteiger partial charge in [-0.15, -0.1) is 0 Å². The fourth-order valence-corrected chi connectivity index (χ4v) is 6.01. The Morgan fingerprint density at radius 1 is 1.16 bits per heavy atom. The van der Waals surface area contributed by atoms with Crippen LogP contribution in [0.2, 0.25) is 0 Å². The van der Waals surface area contributed by atoms with E-state index in [9.17, 15) is 4.79 Å². The van der Waals surface area contributed by atoms with Crippen molar-refractivity contribution in [1.29, 1.82) is 0 Å². The van der Waals surface area contributed by atoms with Crippen molar-refractivity contribution >= 4 is 5.97 Å². The van der Waals surface area contributed by atoms with Crippen LogP contribution in [0.15, 0.2) is 24.0 Å². The second kappa shape index (κ2) is 6.88. The second-order valence-electron chi connectivity index (χ2n) is 8.63. The van der Waals surface area contributed by atoms with Crippen molar-refractivity contribution in [2.75, 3.05) is 13.9 Å². The summed E-state index contributed by atoms with van der Waals surface area (Å²) in [5.41, 5.74) is -0.200. The van der Waals surface area contributed by atoms with E-state index in [1.54, 1.807) is 7.11 Å². The lowest BCUT2D eigenvalue weighted by atomic mass is 9.49. The highest BCUT2D eigenvalue weighted by Crippen LogP contribution is 2.60. The van der Waals surface area contributed by atoms with E-state index in [4.69, 9.17) is 14.2 Å². The van der Waals surface area contributed by atoms with Crippen molar-refractivity contribution in [1.82, 2.24) is 0 Å². The van der Waals surface area contributed by atoms with Crippen LogP contribution >= 0.6 is 0 Å². The van der Waals surface area contributed by atoms with Gasteiger partial charge in [-0.2, -0.15) is 0 Å². The maximum atomic E-state index is 13.1. The molecule has 5 aliphatic rings. The summed E-state index contributed by atoms with van der Waals surface area (Å²) >= 11 is 0. The van der Waals surface area contributed by atoms with Crippen LogP contribution < -0.4 is 0 Å². The van der Waals surface area contributed by atoms with E-state index >= 15 is 0 Å². The number of hydrogen-bond donors (Lipinski definition) is 0. The van der Waals surface area contributed by atoms with E-state index in [-0.39, 0.29) is 30.2 Å². The molecule has 0 heterocycles. The summed E-state index contributed by atoms with van der Waals surface area (Å²) in [6.07, 6.45) is 14.0. The lowest BCUT2D eigenvalue weighted by molar-refractivity contribution is -0.166. The predicted molar refractivity (Wildman–Crippen MR) is 94.5 cm³/mol. The number of allylic oxidation sites excluding steroid dienone is 1. The molecule has 4 heteroatoms. The minimum absolute atomic E-state index is 0.00745. The van der Waals surface area contributed by atoms with Crippen LogP contribution in [0.1, 0.15) is 51.9 Å². The van der Waals surface area contributed by atoms with E-state index in [1.807, 2.05) is 12.2 Å². The maximum Gasteiger partial charge on any atom is 0.317 e. The lowest BCUT2D eigenvalue weighted by Crippen LogP contribution is -2.50. The first-order valence-electron chi connectivity index (χ1n) is 9.84. The molecule has 0 amide bonds. The largest absolute Gasteiger partial charge is 0.426 e. The van der Waals surface area contributed by atoms with Gasteiger partial charge in [0.1, 0.15) is 12.6 Å². The van der Waals surface area contributed by atoms with Crippen molar-refractivity contribution in [3.05, 3.63) is 24.0 Å². The van der Waals surface area contributed by atoms with Crippen molar-refractivity contribution in [2.24, 2.45) is 29.1 Å². The van der Waals surface area contributed by atoms with Crippen LogP contribution in [0.4, 0.5) is 0 Å². The van der Waals surface area contributed by atoms with Gasteiger partial charge in [-0.1, -0.05) is 13.0 Å². The molecule has 0 radical (unpaired) electrons. The molecule has 0 N–H and O–H groups in total. The van der Waals surface area contributed by atoms with Gasteiger partial charge in [0.2, 0.25) is 0 Å². The molecule has 0 spiro atoms. The Hall–Kier alpha value is -1.13. The van der Waals surface area contributed by atoms with E-state index in [1.165, 1.54) is 19.3 Å². The summed E-state index contributed by atoms with van der Waals surface area (Å²) in [6, 6.07) is 0. The molecule has 4 bridgehead atoms. The summed E-state index contributed by atoms with van der Waals surface area (Å²) in [6.45, 7) is 2.41. The Balaban J connectivity index is 1.43. The number of carbonyl (C=O) groups is 1. The zero-order valence-electron chi connectivity index (χ0n) is 15.4. The number of carbonyl (C=O) groups excluding carboxylic acids is 1. The highest BCUT2D eigenvalue weighted by Gasteiger charge is 2.55. The number of hydrogen-bond acceptors (Lipinski definition) is 4. The minimum atomic E-state index is -0.200. The Labute approximate surface area is 150 Å². The second-order valence-corrected chi connectivity index (χ2v) is 8.63. The van der Waals surface area contributed by atoms with Gasteiger partial charge in [0.25, 0.3) is 0 Å². The molecule has 4 nitrogen and oxygen atoms in total. The zero-order chi connectivity index (χ0) is 17.4. The molecule has 0 aliphatic heterocycles. The normalized spacial score (nSPS) is 41.7. The molecule has 0 aromatic carbocycles. The Morgan fingerprint density at radius 2 is 1.80 bits per heavy atom. The maximum absolute atomic E-state index is 13.1. The Kier molecular flexibility index (Phi) is 4.76. The smallest absolute Gasteiger partial charge is 0.317 e. The van der Waals surface area contributed by atoms with Gasteiger partial charge in [-0.05, 0) is 74.9 Å². The Bertz CT molecular complexity index is 541. The molecular weight excluding hydrogens is 316 g/mol. The van der Waals surface area contributed by atoms with Gasteiger partial charge in [0, 0.05) is 13.0 Å². The quantitative estimate of drug-likeness (QED) is 0.534. The van der Waals surface area contributed by atoms with E-state index < -0.39 is 0 Å². The standard InChI is InChI=1S/C21H30O4/c1-3-17-9-18(4-5-19(17)24-13-23-2)25-20(22)21-10-14-6-15(11-21)8-16(7-14)12-21/h4-5,9,14-17,19H,3,6-8,10-13H2,1-2H3. The average molecular weight is 346 g/mol. The third-order valence-corrected chi connectivity index (χ3v) is 6.78. The van der Waals surface area contributed by atoms with Crippen molar-refractivity contribution in [2.45, 2.75) is 58.0 Å². The highest BCUT2D eigenvalue weighted by atomic mass is 16.7. The number of esters is 1. The molecule has 4 saturated carbocycles. The predicted octanol–water partition coefficient (Wildman–Crippen LogP) is 4.22. The molecule has 2 unspecified atom stereocenters. The molecule has 2 atom stereocenters. The van der Waals surface area contributed by atoms with Gasteiger partial charge in [-0.25, -0.2) is 0 Å². The summed E-state index contributed by atoms with van der Waals surface area (Å²) in [7, 11) is 1.63. The van der Waals surface area contributed by atoms with Gasteiger partial charge in [-0.3, -0.25) is 4.79 Å². The topological polar surface area (TPSA) is 44.8 Å². The zero-order valence-corrected chi connectivity index (χ0v) is 15.4. The van der Waals surface area contributed by atoms with Crippen LogP contribution in [0.25, 0.3) is 0 Å². The van der Waals surface area contributed by atoms with Gasteiger partial charge >= 0.3 is 5.97 Å². The van der Waals surface area contributed by atoms with Crippen molar-refractivity contribution in [3.63, 3.8) is 0 Å². The summed E-state index contributed by atoms with van der Waals surface area (Å²) in [5.74, 6) is 3.21. The van der Waals surface area contributed by atoms with E-state index in [0.29, 0.717) is 5.76 Å². The van der Waals surface area contributed by atoms with Gasteiger partial charge in [0.15, 0.2) is 0 Å². The van der Waals surface area contributed by atoms with Crippen LogP contribution in [-0.2, 0) is 19.0 Å². The van der Waals surface area contributed by atoms with Gasteiger partial charge < -0.3 is 14.2 Å². The molecule has 0 aromatic rings. The fourth-order valence-electron chi connectivity index (χ4n) is 6.01. The molecule has 138 valence electrons. The first kappa shape index (κ1) is 17.3. The third-order valence-electron chi connectivity index (χ3n) is 6.78. The average Bonchev–Trinajstić information content (AvgIpc) is 2.59. The molecule has 0 aromatic heterocycles. The van der Waals surface area contributed by atoms with E-state index in [0.717, 1.165) is 43.4 Å². The summed E-state index contributed by atoms with van der Waals surface area (Å²) in [4.78, 5) is 13.1. The van der Waals surface area contributed by atoms with Crippen molar-refractivity contribution < 1.29 is 19.0 Å². The minimum Gasteiger partial charge on any atom is -0.426 e. The van der Waals surface area contributed by atoms with Gasteiger partial charge in [0.05, 0.1) is 11.5 Å². The monoisotopic (exact) mass is 346 g/mol. The molecule has 5 aliphatic carbocycles. The molecule has 5 rings (SSSR count). The number of methoxy groups -OCH3 is 1. The first-order valence-corrected chi connectivity index (χ1v) is 9.84. The summed E-state index contributed by atoms with van der Waals surface area (Å²) < 4.78 is 16.6. The van der Waals surface area contributed by atoms with Crippen LogP contribution in [-0.4, -0.2) is 26.0 Å². The SMILES string of the molecule is CCC1C=C(OC(=O)C23CC4CC(CC(C4)C2)C3)C=CC1OCOC. The number of ether oxygens (including phenoxy) is 3. The highest BCUT2D eigenvalue weighted by molar-refractivity contribution is 5.79. The lowest BCUT2D eigenvalue weighted by Gasteiger charge is -2.55. The van der Waals surface area contributed by atoms with Crippen molar-refractivity contribution in [3.8, 4) is 0 Å². The fraction of sp³-hybridized carbons (Fsp3) is 0.762.